The van der Waals surface area contributed by atoms with Gasteiger partial charge in [0.15, 0.2) is 0 Å². The summed E-state index contributed by atoms with van der Waals surface area (Å²) >= 11 is 0. The van der Waals surface area contributed by atoms with Crippen LogP contribution in [-0.2, 0) is 16.0 Å². The Morgan fingerprint density at radius 2 is 1.82 bits per heavy atom. The van der Waals surface area contributed by atoms with Crippen molar-refractivity contribution in [3.8, 4) is 0 Å². The number of benzene rings is 1. The molecule has 1 saturated heterocycles. The highest BCUT2D eigenvalue weighted by Crippen LogP contribution is 2.38. The minimum Gasteiger partial charge on any atom is -0.369 e. The van der Waals surface area contributed by atoms with Crippen LogP contribution in [0.15, 0.2) is 30.3 Å². The van der Waals surface area contributed by atoms with E-state index in [1.807, 2.05) is 0 Å². The fourth-order valence-corrected chi connectivity index (χ4v) is 5.04. The maximum absolute atomic E-state index is 12.6. The lowest BCUT2D eigenvalue weighted by molar-refractivity contribution is -0.141. The second-order valence-electron chi connectivity index (χ2n) is 8.59. The Bertz CT molecular complexity index is 635. The minimum atomic E-state index is -0.960. The van der Waals surface area contributed by atoms with Gasteiger partial charge < -0.3 is 16.4 Å². The van der Waals surface area contributed by atoms with Gasteiger partial charge in [-0.15, -0.1) is 0 Å². The molecule has 4 N–H and O–H groups in total. The number of hydrogen-bond donors (Lipinski definition) is 3. The zero-order valence-electron chi connectivity index (χ0n) is 16.9. The highest BCUT2D eigenvalue weighted by Gasteiger charge is 2.46. The Hall–Kier alpha value is -1.88. The van der Waals surface area contributed by atoms with Gasteiger partial charge in [-0.2, -0.15) is 0 Å². The average Bonchev–Trinajstić information content (AvgIpc) is 3.23. The predicted octanol–water partition coefficient (Wildman–Crippen LogP) is 2.79. The van der Waals surface area contributed by atoms with Crippen molar-refractivity contribution in [1.29, 1.82) is 0 Å². The van der Waals surface area contributed by atoms with Gasteiger partial charge in [0.05, 0.1) is 0 Å². The molecule has 1 aliphatic heterocycles. The summed E-state index contributed by atoms with van der Waals surface area (Å²) in [6, 6.07) is 10.7. The Balaban J connectivity index is 1.51. The summed E-state index contributed by atoms with van der Waals surface area (Å²) in [6.07, 6.45) is 8.62. The highest BCUT2D eigenvalue weighted by molar-refractivity contribution is 6.04. The Kier molecular flexibility index (Phi) is 7.49. The Morgan fingerprint density at radius 1 is 1.14 bits per heavy atom. The molecule has 2 aliphatic rings. The molecule has 154 valence electrons. The highest BCUT2D eigenvalue weighted by atomic mass is 16.2. The number of rotatable bonds is 9. The molecule has 1 heterocycles. The topological polar surface area (TPSA) is 84.2 Å². The van der Waals surface area contributed by atoms with Gasteiger partial charge in [-0.3, -0.25) is 9.59 Å². The van der Waals surface area contributed by atoms with E-state index in [4.69, 9.17) is 5.73 Å². The number of hydrogen-bond acceptors (Lipinski definition) is 3. The van der Waals surface area contributed by atoms with E-state index in [9.17, 15) is 9.59 Å². The normalized spacial score (nSPS) is 20.6. The molecule has 0 spiro atoms. The van der Waals surface area contributed by atoms with Crippen LogP contribution >= 0.6 is 0 Å². The summed E-state index contributed by atoms with van der Waals surface area (Å²) in [5.74, 6) is 0.764. The number of nitrogens with two attached hydrogens (primary N) is 1. The third-order valence-electron chi connectivity index (χ3n) is 6.79. The lowest BCUT2D eigenvalue weighted by Crippen LogP contribution is -2.48. The molecule has 0 aromatic heterocycles. The Morgan fingerprint density at radius 3 is 2.46 bits per heavy atom. The first-order chi connectivity index (χ1) is 13.6. The number of carbonyl (C=O) groups is 2. The summed E-state index contributed by atoms with van der Waals surface area (Å²) in [5, 5.41) is 6.48. The SMILES string of the molecule is NC(=O)C1(C(=O)NCCCC(Cc2ccccc2)C2CCNCC2)CCCC1. The number of amides is 2. The molecule has 1 aromatic rings. The molecule has 0 radical (unpaired) electrons. The third kappa shape index (κ3) is 5.13. The van der Waals surface area contributed by atoms with Crippen LogP contribution < -0.4 is 16.4 Å². The van der Waals surface area contributed by atoms with Gasteiger partial charge in [-0.25, -0.2) is 0 Å². The van der Waals surface area contributed by atoms with Crippen LogP contribution in [0, 0.1) is 17.3 Å². The lowest BCUT2D eigenvalue weighted by Gasteiger charge is -2.31. The first-order valence-corrected chi connectivity index (χ1v) is 10.9. The van der Waals surface area contributed by atoms with Crippen molar-refractivity contribution in [2.45, 2.75) is 57.8 Å². The maximum Gasteiger partial charge on any atom is 0.235 e. The molecule has 2 amide bonds. The summed E-state index contributed by atoms with van der Waals surface area (Å²) < 4.78 is 0. The molecule has 1 saturated carbocycles. The zero-order valence-corrected chi connectivity index (χ0v) is 16.9. The van der Waals surface area contributed by atoms with Crippen LogP contribution in [0.3, 0.4) is 0 Å². The first kappa shape index (κ1) is 20.8. The van der Waals surface area contributed by atoms with E-state index in [0.29, 0.717) is 25.3 Å². The minimum absolute atomic E-state index is 0.154. The number of nitrogens with one attached hydrogen (secondary N) is 2. The van der Waals surface area contributed by atoms with E-state index in [0.717, 1.165) is 51.1 Å². The van der Waals surface area contributed by atoms with E-state index in [1.54, 1.807) is 0 Å². The molecular weight excluding hydrogens is 350 g/mol. The maximum atomic E-state index is 12.6. The van der Waals surface area contributed by atoms with Crippen molar-refractivity contribution in [2.75, 3.05) is 19.6 Å². The molecule has 5 heteroatoms. The fraction of sp³-hybridized carbons (Fsp3) is 0.652. The molecule has 1 unspecified atom stereocenters. The first-order valence-electron chi connectivity index (χ1n) is 10.9. The van der Waals surface area contributed by atoms with Crippen LogP contribution in [0.4, 0.5) is 0 Å². The van der Waals surface area contributed by atoms with Crippen molar-refractivity contribution in [3.05, 3.63) is 35.9 Å². The van der Waals surface area contributed by atoms with Crippen molar-refractivity contribution in [2.24, 2.45) is 23.0 Å². The van der Waals surface area contributed by atoms with Crippen LogP contribution in [-0.4, -0.2) is 31.4 Å². The Labute approximate surface area is 168 Å². The third-order valence-corrected chi connectivity index (χ3v) is 6.79. The van der Waals surface area contributed by atoms with E-state index in [2.05, 4.69) is 41.0 Å². The largest absolute Gasteiger partial charge is 0.369 e. The predicted molar refractivity (Wildman–Crippen MR) is 112 cm³/mol. The number of carbonyl (C=O) groups excluding carboxylic acids is 2. The average molecular weight is 386 g/mol. The van der Waals surface area contributed by atoms with Crippen LogP contribution in [0.1, 0.15) is 56.9 Å². The van der Waals surface area contributed by atoms with E-state index in [-0.39, 0.29) is 5.91 Å². The second-order valence-corrected chi connectivity index (χ2v) is 8.59. The van der Waals surface area contributed by atoms with Gasteiger partial charge in [0.1, 0.15) is 5.41 Å². The van der Waals surface area contributed by atoms with E-state index in [1.165, 1.54) is 18.4 Å². The summed E-state index contributed by atoms with van der Waals surface area (Å²) in [4.78, 5) is 24.5. The van der Waals surface area contributed by atoms with E-state index < -0.39 is 11.3 Å². The monoisotopic (exact) mass is 385 g/mol. The summed E-state index contributed by atoms with van der Waals surface area (Å²) in [6.45, 7) is 2.84. The zero-order chi connectivity index (χ0) is 19.8. The standard InChI is InChI=1S/C23H35N3O2/c24-21(27)23(12-4-5-13-23)22(28)26-14-6-9-20(19-10-15-25-16-11-19)17-18-7-2-1-3-8-18/h1-3,7-8,19-20,25H,4-6,9-17H2,(H2,24,27)(H,26,28). The van der Waals surface area contributed by atoms with Gasteiger partial charge in [0, 0.05) is 6.54 Å². The molecule has 1 aliphatic carbocycles. The molecule has 2 fully saturated rings. The second kappa shape index (κ2) is 10.1. The van der Waals surface area contributed by atoms with Gasteiger partial charge in [0.2, 0.25) is 11.8 Å². The molecule has 1 aromatic carbocycles. The smallest absolute Gasteiger partial charge is 0.235 e. The van der Waals surface area contributed by atoms with Crippen LogP contribution in [0.5, 0.6) is 0 Å². The van der Waals surface area contributed by atoms with Crippen LogP contribution in [0.2, 0.25) is 0 Å². The molecular formula is C23H35N3O2. The molecule has 5 nitrogen and oxygen atoms in total. The fourth-order valence-electron chi connectivity index (χ4n) is 5.04. The molecule has 3 rings (SSSR count). The van der Waals surface area contributed by atoms with Crippen molar-refractivity contribution < 1.29 is 9.59 Å². The van der Waals surface area contributed by atoms with Crippen molar-refractivity contribution in [3.63, 3.8) is 0 Å². The van der Waals surface area contributed by atoms with Gasteiger partial charge in [0.25, 0.3) is 0 Å². The molecule has 28 heavy (non-hydrogen) atoms. The van der Waals surface area contributed by atoms with Crippen LogP contribution in [0.25, 0.3) is 0 Å². The van der Waals surface area contributed by atoms with Gasteiger partial charge in [-0.1, -0.05) is 43.2 Å². The number of piperidine rings is 1. The van der Waals surface area contributed by atoms with Crippen molar-refractivity contribution in [1.82, 2.24) is 10.6 Å². The molecule has 0 bridgehead atoms. The summed E-state index contributed by atoms with van der Waals surface area (Å²) in [5.41, 5.74) is 6.00. The van der Waals surface area contributed by atoms with Crippen molar-refractivity contribution >= 4 is 11.8 Å². The number of primary amides is 1. The lowest BCUT2D eigenvalue weighted by atomic mass is 9.78. The summed E-state index contributed by atoms with van der Waals surface area (Å²) in [7, 11) is 0. The molecule has 1 atom stereocenters. The van der Waals surface area contributed by atoms with Gasteiger partial charge >= 0.3 is 0 Å². The quantitative estimate of drug-likeness (QED) is 0.451. The van der Waals surface area contributed by atoms with Gasteiger partial charge in [-0.05, 0) is 75.4 Å². The van der Waals surface area contributed by atoms with E-state index >= 15 is 0 Å².